The molecule has 0 saturated carbocycles. The van der Waals surface area contributed by atoms with Crippen LogP contribution in [0.1, 0.15) is 5.56 Å². The van der Waals surface area contributed by atoms with Crippen molar-refractivity contribution in [1.82, 2.24) is 5.32 Å². The van der Waals surface area contributed by atoms with E-state index in [1.165, 1.54) is 31.4 Å². The minimum atomic E-state index is -4.05. The number of nitrogens with zero attached hydrogens (tertiary/aromatic N) is 1. The van der Waals surface area contributed by atoms with Crippen LogP contribution in [0.15, 0.2) is 46.3 Å². The molecule has 0 spiro atoms. The Labute approximate surface area is 165 Å². The molecule has 0 saturated heterocycles. The zero-order chi connectivity index (χ0) is 19.6. The molecule has 0 atom stereocenters. The van der Waals surface area contributed by atoms with E-state index in [1.807, 2.05) is 0 Å². The number of benzene rings is 2. The van der Waals surface area contributed by atoms with E-state index in [9.17, 15) is 13.2 Å². The first kappa shape index (κ1) is 19.3. The first-order chi connectivity index (χ1) is 12.8. The lowest BCUT2D eigenvalue weighted by Crippen LogP contribution is -2.29. The monoisotopic (exact) mass is 427 g/mol. The Hall–Kier alpha value is -2.43. The van der Waals surface area contributed by atoms with Crippen LogP contribution in [0.3, 0.4) is 0 Å². The van der Waals surface area contributed by atoms with Crippen LogP contribution >= 0.6 is 23.5 Å². The number of alkyl carbamates (subject to hydrolysis) is 1. The summed E-state index contributed by atoms with van der Waals surface area (Å²) in [6.07, 6.45) is -0.655. The van der Waals surface area contributed by atoms with Crippen molar-refractivity contribution in [3.05, 3.63) is 47.0 Å². The van der Waals surface area contributed by atoms with Crippen LogP contribution in [-0.4, -0.2) is 26.8 Å². The number of fused-ring (bicyclic) bond motifs is 1. The average molecular weight is 428 g/mol. The molecule has 11 heteroatoms. The number of halogens is 1. The fourth-order valence-corrected chi connectivity index (χ4v) is 4.04. The Bertz CT molecular complexity index is 1040. The van der Waals surface area contributed by atoms with Crippen molar-refractivity contribution in [3.63, 3.8) is 0 Å². The summed E-state index contributed by atoms with van der Waals surface area (Å²) >= 11 is 6.89. The molecular weight excluding hydrogens is 414 g/mol. The molecule has 0 aromatic heterocycles. The Morgan fingerprint density at radius 3 is 2.74 bits per heavy atom. The second-order valence-corrected chi connectivity index (χ2v) is 8.14. The summed E-state index contributed by atoms with van der Waals surface area (Å²) in [6, 6.07) is 8.94. The number of amides is 1. The zero-order valence-electron chi connectivity index (χ0n) is 14.1. The maximum atomic E-state index is 12.6. The highest BCUT2D eigenvalue weighted by atomic mass is 35.5. The fourth-order valence-electron chi connectivity index (χ4n) is 2.15. The van der Waals surface area contributed by atoms with Crippen LogP contribution in [-0.2, 0) is 14.9 Å². The van der Waals surface area contributed by atoms with E-state index in [0.717, 1.165) is 11.9 Å². The highest BCUT2D eigenvalue weighted by molar-refractivity contribution is 8.15. The summed E-state index contributed by atoms with van der Waals surface area (Å²) in [5.41, 5.74) is 1.52. The van der Waals surface area contributed by atoms with Crippen LogP contribution < -0.4 is 14.2 Å². The predicted octanol–water partition coefficient (Wildman–Crippen LogP) is 3.83. The molecule has 0 radical (unpaired) electrons. The molecule has 2 aromatic rings. The second-order valence-electron chi connectivity index (χ2n) is 5.36. The van der Waals surface area contributed by atoms with Gasteiger partial charge < -0.3 is 13.6 Å². The van der Waals surface area contributed by atoms with Gasteiger partial charge in [0.1, 0.15) is 10.6 Å². The molecule has 2 N–H and O–H groups in total. The molecular formula is C16H14ClN3O5S2. The number of hydrogen-bond acceptors (Lipinski definition) is 8. The quantitative estimate of drug-likeness (QED) is 0.566. The van der Waals surface area contributed by atoms with Gasteiger partial charge >= 0.3 is 16.2 Å². The van der Waals surface area contributed by atoms with Gasteiger partial charge in [0.15, 0.2) is 5.17 Å². The van der Waals surface area contributed by atoms with E-state index in [0.29, 0.717) is 22.0 Å². The Morgan fingerprint density at radius 1 is 1.26 bits per heavy atom. The summed E-state index contributed by atoms with van der Waals surface area (Å²) in [4.78, 5) is 15.4. The predicted molar refractivity (Wildman–Crippen MR) is 104 cm³/mol. The Balaban J connectivity index is 1.85. The van der Waals surface area contributed by atoms with Crippen LogP contribution in [0.2, 0.25) is 5.02 Å². The summed E-state index contributed by atoms with van der Waals surface area (Å²) in [5.74, 6) is 0.196. The minimum Gasteiger partial charge on any atom is -0.453 e. The van der Waals surface area contributed by atoms with Crippen LogP contribution in [0, 0.1) is 6.92 Å². The Kier molecular flexibility index (Phi) is 5.49. The molecule has 1 aliphatic heterocycles. The molecule has 3 rings (SSSR count). The van der Waals surface area contributed by atoms with Gasteiger partial charge in [-0.2, -0.15) is 8.42 Å². The van der Waals surface area contributed by atoms with Crippen molar-refractivity contribution in [1.29, 1.82) is 0 Å². The fraction of sp³-hybridized carbons (Fsp3) is 0.125. The number of rotatable bonds is 3. The smallest absolute Gasteiger partial charge is 0.412 e. The number of hydrogen-bond donors (Lipinski definition) is 2. The van der Waals surface area contributed by atoms with Gasteiger partial charge in [-0.05, 0) is 48.9 Å². The third-order valence-corrected chi connectivity index (χ3v) is 5.64. The number of nitrogens with one attached hydrogen (secondary N) is 2. The first-order valence-corrected chi connectivity index (χ1v) is 10.1. The zero-order valence-corrected chi connectivity index (χ0v) is 16.5. The van der Waals surface area contributed by atoms with Crippen molar-refractivity contribution < 1.29 is 22.1 Å². The number of carbonyl (C=O) groups excluding carboxylic acids is 1. The number of aliphatic imine (C=N–C) groups is 1. The molecule has 1 amide bonds. The lowest BCUT2D eigenvalue weighted by molar-refractivity contribution is 0.177. The molecule has 0 bridgehead atoms. The molecule has 8 nitrogen and oxygen atoms in total. The Morgan fingerprint density at radius 2 is 2.04 bits per heavy atom. The van der Waals surface area contributed by atoms with Gasteiger partial charge in [-0.3, -0.25) is 5.32 Å². The third kappa shape index (κ3) is 4.46. The standard InChI is InChI=1S/C16H14ClN3O5S2/c1-9-7-10(17)3-6-14(9)25-27(22,23)11-4-5-12-13(8-11)20-26-15(18-12)19-16(21)24-2/h3-8,20H,1-2H3,(H,18,19,21). The second kappa shape index (κ2) is 7.67. The lowest BCUT2D eigenvalue weighted by Gasteiger charge is -2.17. The summed E-state index contributed by atoms with van der Waals surface area (Å²) in [7, 11) is -2.81. The highest BCUT2D eigenvalue weighted by Crippen LogP contribution is 2.35. The number of amidine groups is 1. The number of carbonyl (C=O) groups is 1. The summed E-state index contributed by atoms with van der Waals surface area (Å²) < 4.78 is 37.8. The molecule has 0 aliphatic carbocycles. The molecule has 27 heavy (non-hydrogen) atoms. The normalized spacial score (nSPS) is 13.1. The van der Waals surface area contributed by atoms with Gasteiger partial charge in [0, 0.05) is 17.0 Å². The maximum Gasteiger partial charge on any atom is 0.412 e. The number of methoxy groups -OCH3 is 1. The lowest BCUT2D eigenvalue weighted by atomic mass is 10.2. The van der Waals surface area contributed by atoms with Gasteiger partial charge in [-0.15, -0.1) is 0 Å². The van der Waals surface area contributed by atoms with Gasteiger partial charge in [-0.1, -0.05) is 11.6 Å². The van der Waals surface area contributed by atoms with Gasteiger partial charge in [0.25, 0.3) is 0 Å². The summed E-state index contributed by atoms with van der Waals surface area (Å²) in [6.45, 7) is 1.70. The van der Waals surface area contributed by atoms with Crippen molar-refractivity contribution in [2.45, 2.75) is 11.8 Å². The van der Waals surface area contributed by atoms with E-state index in [1.54, 1.807) is 19.1 Å². The van der Waals surface area contributed by atoms with Crippen molar-refractivity contribution in [2.24, 2.45) is 4.99 Å². The molecule has 0 unspecified atom stereocenters. The topological polar surface area (TPSA) is 106 Å². The molecule has 2 aromatic carbocycles. The SMILES string of the molecule is COC(=O)NC1=Nc2ccc(S(=O)(=O)Oc3ccc(Cl)cc3C)cc2NS1. The highest BCUT2D eigenvalue weighted by Gasteiger charge is 2.22. The van der Waals surface area contributed by atoms with E-state index in [2.05, 4.69) is 19.8 Å². The van der Waals surface area contributed by atoms with Crippen molar-refractivity contribution >= 4 is 56.3 Å². The van der Waals surface area contributed by atoms with Crippen LogP contribution in [0.5, 0.6) is 5.75 Å². The maximum absolute atomic E-state index is 12.6. The number of ether oxygens (including phenoxy) is 1. The van der Waals surface area contributed by atoms with E-state index in [4.69, 9.17) is 15.8 Å². The van der Waals surface area contributed by atoms with Gasteiger partial charge in [-0.25, -0.2) is 9.79 Å². The minimum absolute atomic E-state index is 0.0386. The molecule has 0 fully saturated rings. The average Bonchev–Trinajstić information content (AvgIpc) is 2.63. The molecule has 1 heterocycles. The van der Waals surface area contributed by atoms with Crippen molar-refractivity contribution in [3.8, 4) is 5.75 Å². The van der Waals surface area contributed by atoms with Gasteiger partial charge in [0.2, 0.25) is 0 Å². The third-order valence-electron chi connectivity index (χ3n) is 3.47. The van der Waals surface area contributed by atoms with Crippen LogP contribution in [0.25, 0.3) is 0 Å². The molecule has 1 aliphatic rings. The van der Waals surface area contributed by atoms with Crippen LogP contribution in [0.4, 0.5) is 16.2 Å². The number of anilines is 1. The largest absolute Gasteiger partial charge is 0.453 e. The van der Waals surface area contributed by atoms with E-state index < -0.39 is 16.2 Å². The van der Waals surface area contributed by atoms with Crippen molar-refractivity contribution in [2.75, 3.05) is 11.8 Å². The molecule has 142 valence electrons. The van der Waals surface area contributed by atoms with Gasteiger partial charge in [0.05, 0.1) is 18.5 Å². The first-order valence-electron chi connectivity index (χ1n) is 7.50. The number of aryl methyl sites for hydroxylation is 1. The van der Waals surface area contributed by atoms with E-state index in [-0.39, 0.29) is 15.8 Å². The van der Waals surface area contributed by atoms with E-state index >= 15 is 0 Å². The summed E-state index contributed by atoms with van der Waals surface area (Å²) in [5, 5.41) is 3.20.